The normalized spacial score (nSPS) is 17.4. The SMILES string of the molecule is COc1ccc(C[C@H]2c3cc4c(cc3CCN2S(=O)c2ccc(C)cc2)OCO4)c(S(=O)c2ccc(C)cc2)c1OC. The van der Waals surface area contributed by atoms with Gasteiger partial charge in [-0.1, -0.05) is 41.5 Å². The van der Waals surface area contributed by atoms with Gasteiger partial charge in [-0.25, -0.2) is 12.7 Å². The largest absolute Gasteiger partial charge is 0.493 e. The molecule has 0 aromatic heterocycles. The average molecular weight is 604 g/mol. The minimum atomic E-state index is -1.56. The summed E-state index contributed by atoms with van der Waals surface area (Å²) in [5.41, 5.74) is 5.17. The van der Waals surface area contributed by atoms with Crippen LogP contribution < -0.4 is 18.9 Å². The fraction of sp³-hybridized carbons (Fsp3) is 0.273. The van der Waals surface area contributed by atoms with Gasteiger partial charge in [-0.15, -0.1) is 0 Å². The van der Waals surface area contributed by atoms with E-state index in [2.05, 4.69) is 0 Å². The monoisotopic (exact) mass is 603 g/mol. The number of aryl methyl sites for hydroxylation is 2. The Balaban J connectivity index is 1.48. The quantitative estimate of drug-likeness (QED) is 0.243. The Bertz CT molecular complexity index is 1670. The first-order valence-corrected chi connectivity index (χ1v) is 16.0. The fourth-order valence-corrected chi connectivity index (χ4v) is 8.24. The Morgan fingerprint density at radius 2 is 1.48 bits per heavy atom. The minimum Gasteiger partial charge on any atom is -0.493 e. The highest BCUT2D eigenvalue weighted by atomic mass is 32.2. The van der Waals surface area contributed by atoms with Crippen molar-refractivity contribution in [3.05, 3.63) is 101 Å². The van der Waals surface area contributed by atoms with E-state index in [9.17, 15) is 8.42 Å². The number of methoxy groups -OCH3 is 2. The highest BCUT2D eigenvalue weighted by Crippen LogP contribution is 2.45. The van der Waals surface area contributed by atoms with Crippen LogP contribution in [0.4, 0.5) is 0 Å². The first-order chi connectivity index (χ1) is 20.4. The first kappa shape index (κ1) is 28.5. The molecular formula is C33H33NO6S2. The zero-order chi connectivity index (χ0) is 29.4. The van der Waals surface area contributed by atoms with E-state index in [0.717, 1.165) is 38.5 Å². The van der Waals surface area contributed by atoms with Crippen LogP contribution in [0.3, 0.4) is 0 Å². The van der Waals surface area contributed by atoms with E-state index in [4.69, 9.17) is 18.9 Å². The molecule has 0 aliphatic carbocycles. The molecule has 0 spiro atoms. The van der Waals surface area contributed by atoms with Crippen molar-refractivity contribution >= 4 is 21.8 Å². The summed E-state index contributed by atoms with van der Waals surface area (Å²) in [5.74, 6) is 2.34. The van der Waals surface area contributed by atoms with E-state index >= 15 is 0 Å². The van der Waals surface area contributed by atoms with Crippen molar-refractivity contribution in [1.82, 2.24) is 4.31 Å². The van der Waals surface area contributed by atoms with E-state index in [1.165, 1.54) is 0 Å². The van der Waals surface area contributed by atoms with Crippen LogP contribution in [0, 0.1) is 13.8 Å². The highest BCUT2D eigenvalue weighted by Gasteiger charge is 2.35. The van der Waals surface area contributed by atoms with Crippen LogP contribution in [0.15, 0.2) is 87.5 Å². The second kappa shape index (κ2) is 11.9. The van der Waals surface area contributed by atoms with Gasteiger partial charge in [-0.2, -0.15) is 0 Å². The molecule has 9 heteroatoms. The van der Waals surface area contributed by atoms with Gasteiger partial charge in [0.25, 0.3) is 0 Å². The Labute approximate surface area is 251 Å². The summed E-state index contributed by atoms with van der Waals surface area (Å²) >= 11 is 0. The molecule has 0 fully saturated rings. The van der Waals surface area contributed by atoms with Crippen LogP contribution in [-0.2, 0) is 34.6 Å². The lowest BCUT2D eigenvalue weighted by Crippen LogP contribution is -2.38. The molecule has 7 nitrogen and oxygen atoms in total. The lowest BCUT2D eigenvalue weighted by Gasteiger charge is -2.37. The van der Waals surface area contributed by atoms with Crippen molar-refractivity contribution in [1.29, 1.82) is 0 Å². The lowest BCUT2D eigenvalue weighted by atomic mass is 9.89. The summed E-state index contributed by atoms with van der Waals surface area (Å²) in [7, 11) is 0.151. The van der Waals surface area contributed by atoms with Crippen molar-refractivity contribution in [2.45, 2.75) is 47.4 Å². The molecule has 4 aromatic carbocycles. The molecule has 0 radical (unpaired) electrons. The number of benzene rings is 4. The Hall–Kier alpha value is -3.66. The van der Waals surface area contributed by atoms with Gasteiger partial charge in [0, 0.05) is 11.4 Å². The van der Waals surface area contributed by atoms with Crippen molar-refractivity contribution in [2.24, 2.45) is 0 Å². The molecule has 2 aliphatic rings. The number of hydrogen-bond donors (Lipinski definition) is 0. The topological polar surface area (TPSA) is 74.3 Å². The molecule has 0 saturated carbocycles. The molecule has 42 heavy (non-hydrogen) atoms. The van der Waals surface area contributed by atoms with E-state index in [1.54, 1.807) is 14.2 Å². The van der Waals surface area contributed by atoms with Crippen LogP contribution >= 0.6 is 0 Å². The molecule has 0 saturated heterocycles. The summed E-state index contributed by atoms with van der Waals surface area (Å²) < 4.78 is 53.2. The minimum absolute atomic E-state index is 0.178. The van der Waals surface area contributed by atoms with Crippen LogP contribution in [0.25, 0.3) is 0 Å². The van der Waals surface area contributed by atoms with Crippen LogP contribution in [-0.4, -0.2) is 40.3 Å². The molecule has 6 rings (SSSR count). The summed E-state index contributed by atoms with van der Waals surface area (Å²) in [5, 5.41) is 0. The van der Waals surface area contributed by atoms with E-state index in [-0.39, 0.29) is 12.8 Å². The zero-order valence-corrected chi connectivity index (χ0v) is 25.7. The van der Waals surface area contributed by atoms with Gasteiger partial charge in [-0.3, -0.25) is 0 Å². The predicted octanol–water partition coefficient (Wildman–Crippen LogP) is 6.08. The molecular weight excluding hydrogens is 570 g/mol. The number of ether oxygens (including phenoxy) is 4. The summed E-state index contributed by atoms with van der Waals surface area (Å²) in [6.45, 7) is 4.78. The number of nitrogens with zero attached hydrogens (tertiary/aromatic N) is 1. The third-order valence-corrected chi connectivity index (χ3v) is 10.9. The predicted molar refractivity (Wildman–Crippen MR) is 162 cm³/mol. The summed E-state index contributed by atoms with van der Waals surface area (Å²) in [4.78, 5) is 1.96. The first-order valence-electron chi connectivity index (χ1n) is 13.8. The Kier molecular flexibility index (Phi) is 8.07. The van der Waals surface area contributed by atoms with Crippen LogP contribution in [0.2, 0.25) is 0 Å². The molecule has 218 valence electrons. The number of hydrogen-bond acceptors (Lipinski definition) is 6. The van der Waals surface area contributed by atoms with Gasteiger partial charge >= 0.3 is 0 Å². The van der Waals surface area contributed by atoms with Crippen LogP contribution in [0.5, 0.6) is 23.0 Å². The number of fused-ring (bicyclic) bond motifs is 2. The van der Waals surface area contributed by atoms with Gasteiger partial charge < -0.3 is 18.9 Å². The third-order valence-electron chi connectivity index (χ3n) is 7.79. The second-order valence-electron chi connectivity index (χ2n) is 10.4. The number of rotatable bonds is 8. The Morgan fingerprint density at radius 1 is 0.833 bits per heavy atom. The molecule has 2 heterocycles. The third kappa shape index (κ3) is 5.32. The van der Waals surface area contributed by atoms with Gasteiger partial charge in [0.15, 0.2) is 23.0 Å². The molecule has 2 unspecified atom stereocenters. The molecule has 0 bridgehead atoms. The summed E-state index contributed by atoms with van der Waals surface area (Å²) in [6, 6.07) is 23.0. The highest BCUT2D eigenvalue weighted by molar-refractivity contribution is 7.85. The fourth-order valence-electron chi connectivity index (χ4n) is 5.56. The Morgan fingerprint density at radius 3 is 2.12 bits per heavy atom. The zero-order valence-electron chi connectivity index (χ0n) is 24.0. The van der Waals surface area contributed by atoms with Crippen molar-refractivity contribution in [2.75, 3.05) is 27.6 Å². The van der Waals surface area contributed by atoms with Gasteiger partial charge in [0.2, 0.25) is 6.79 Å². The molecule has 0 amide bonds. The average Bonchev–Trinajstić information content (AvgIpc) is 3.47. The van der Waals surface area contributed by atoms with E-state index < -0.39 is 21.8 Å². The van der Waals surface area contributed by atoms with Crippen LogP contribution in [0.1, 0.15) is 33.9 Å². The maximum atomic E-state index is 14.2. The summed E-state index contributed by atoms with van der Waals surface area (Å²) in [6.07, 6.45) is 1.16. The van der Waals surface area contributed by atoms with E-state index in [0.29, 0.717) is 46.4 Å². The molecule has 3 atom stereocenters. The maximum Gasteiger partial charge on any atom is 0.231 e. The van der Waals surface area contributed by atoms with Crippen molar-refractivity contribution in [3.63, 3.8) is 0 Å². The van der Waals surface area contributed by atoms with Gasteiger partial charge in [-0.05, 0) is 85.8 Å². The second-order valence-corrected chi connectivity index (χ2v) is 13.3. The molecule has 4 aromatic rings. The lowest BCUT2D eigenvalue weighted by molar-refractivity contribution is 0.174. The molecule has 2 aliphatic heterocycles. The van der Waals surface area contributed by atoms with E-state index in [1.807, 2.05) is 90.9 Å². The maximum absolute atomic E-state index is 14.2. The molecule has 0 N–H and O–H groups in total. The van der Waals surface area contributed by atoms with Crippen molar-refractivity contribution in [3.8, 4) is 23.0 Å². The standard InChI is InChI=1S/C33H33NO6S2/c1-21-5-10-25(11-6-21)41(35)33-24(9-14-29(37-3)32(33)38-4)17-28-27-19-31-30(39-20-40-31)18-23(27)15-16-34(28)42(36)26-12-7-22(2)8-13-26/h5-14,18-19,28H,15-17,20H2,1-4H3/t28-,41?,42?/m0/s1. The van der Waals surface area contributed by atoms with Gasteiger partial charge in [0.05, 0.1) is 40.9 Å². The van der Waals surface area contributed by atoms with Gasteiger partial charge in [0.1, 0.15) is 11.0 Å². The smallest absolute Gasteiger partial charge is 0.231 e. The van der Waals surface area contributed by atoms with Crippen molar-refractivity contribution < 1.29 is 27.4 Å².